The highest BCUT2D eigenvalue weighted by Gasteiger charge is 2.36. The lowest BCUT2D eigenvalue weighted by molar-refractivity contribution is -0.0601. The smallest absolute Gasteiger partial charge is 0.224 e. The summed E-state index contributed by atoms with van der Waals surface area (Å²) in [5, 5.41) is 4.61. The number of methoxy groups -OCH3 is 1. The number of para-hydroxylation sites is 1. The number of ether oxygens (including phenoxy) is 1. The highest BCUT2D eigenvalue weighted by Crippen LogP contribution is 2.35. The second-order valence-corrected chi connectivity index (χ2v) is 5.29. The van der Waals surface area contributed by atoms with Gasteiger partial charge in [0.05, 0.1) is 11.1 Å². The van der Waals surface area contributed by atoms with Gasteiger partial charge >= 0.3 is 0 Å². The quantitative estimate of drug-likeness (QED) is 0.872. The van der Waals surface area contributed by atoms with E-state index in [1.54, 1.807) is 7.11 Å². The molecule has 1 aliphatic rings. The molecule has 3 rings (SSSR count). The normalized spacial score (nSPS) is 17.2. The van der Waals surface area contributed by atoms with Gasteiger partial charge in [-0.15, -0.1) is 0 Å². The van der Waals surface area contributed by atoms with Crippen molar-refractivity contribution in [2.45, 2.75) is 24.9 Å². The maximum absolute atomic E-state index is 5.96. The topological polar surface area (TPSA) is 47.0 Å². The fourth-order valence-corrected chi connectivity index (χ4v) is 2.63. The van der Waals surface area contributed by atoms with Gasteiger partial charge in [-0.25, -0.2) is 9.97 Å². The number of rotatable bonds is 4. The Kier molecular flexibility index (Phi) is 3.29. The predicted molar refractivity (Wildman–Crippen MR) is 76.6 cm³/mol. The van der Waals surface area contributed by atoms with E-state index in [1.165, 1.54) is 6.42 Å². The monoisotopic (exact) mass is 277 g/mol. The molecule has 1 N–H and O–H groups in total. The maximum atomic E-state index is 5.96. The summed E-state index contributed by atoms with van der Waals surface area (Å²) in [7, 11) is 1.77. The first-order valence-electron chi connectivity index (χ1n) is 6.44. The molecule has 4 nitrogen and oxygen atoms in total. The molecule has 0 aliphatic heterocycles. The molecule has 0 saturated heterocycles. The minimum absolute atomic E-state index is 0.0431. The van der Waals surface area contributed by atoms with Gasteiger partial charge < -0.3 is 10.1 Å². The number of fused-ring (bicyclic) bond motifs is 1. The number of nitrogens with one attached hydrogen (secondary N) is 1. The summed E-state index contributed by atoms with van der Waals surface area (Å²) in [6.45, 7) is 0.751. The largest absolute Gasteiger partial charge is 0.376 e. The Morgan fingerprint density at radius 2 is 2.11 bits per heavy atom. The summed E-state index contributed by atoms with van der Waals surface area (Å²) < 4.78 is 5.60. The van der Waals surface area contributed by atoms with Gasteiger partial charge in [0.1, 0.15) is 5.82 Å². The molecular weight excluding hydrogens is 262 g/mol. The molecule has 100 valence electrons. The Hall–Kier alpha value is -1.39. The van der Waals surface area contributed by atoms with Crippen molar-refractivity contribution in [3.05, 3.63) is 29.5 Å². The summed E-state index contributed by atoms with van der Waals surface area (Å²) in [5.41, 5.74) is 0.809. The molecular formula is C14H16ClN3O. The average molecular weight is 278 g/mol. The molecule has 0 spiro atoms. The van der Waals surface area contributed by atoms with E-state index in [9.17, 15) is 0 Å². The molecule has 1 heterocycles. The molecule has 5 heteroatoms. The van der Waals surface area contributed by atoms with Crippen LogP contribution in [-0.2, 0) is 4.74 Å². The zero-order valence-electron chi connectivity index (χ0n) is 10.8. The minimum atomic E-state index is -0.0431. The number of anilines is 1. The van der Waals surface area contributed by atoms with Crippen LogP contribution in [0.2, 0.25) is 5.28 Å². The number of nitrogens with zero attached hydrogens (tertiary/aromatic N) is 2. The third-order valence-electron chi connectivity index (χ3n) is 3.85. The highest BCUT2D eigenvalue weighted by atomic mass is 35.5. The van der Waals surface area contributed by atoms with E-state index in [4.69, 9.17) is 16.3 Å². The summed E-state index contributed by atoms with van der Waals surface area (Å²) in [6, 6.07) is 7.84. The van der Waals surface area contributed by atoms with E-state index < -0.39 is 0 Å². The van der Waals surface area contributed by atoms with Crippen molar-refractivity contribution in [2.24, 2.45) is 0 Å². The summed E-state index contributed by atoms with van der Waals surface area (Å²) >= 11 is 5.96. The number of halogens is 1. The van der Waals surface area contributed by atoms with Gasteiger partial charge in [-0.05, 0) is 43.0 Å². The third kappa shape index (κ3) is 2.38. The number of hydrogen-bond acceptors (Lipinski definition) is 4. The average Bonchev–Trinajstić information content (AvgIpc) is 2.37. The van der Waals surface area contributed by atoms with E-state index in [2.05, 4.69) is 15.3 Å². The molecule has 1 aromatic carbocycles. The Bertz CT molecular complexity index is 593. The zero-order chi connectivity index (χ0) is 13.3. The predicted octanol–water partition coefficient (Wildman–Crippen LogP) is 3.26. The van der Waals surface area contributed by atoms with Gasteiger partial charge in [0.2, 0.25) is 5.28 Å². The molecule has 19 heavy (non-hydrogen) atoms. The first kappa shape index (κ1) is 12.6. The van der Waals surface area contributed by atoms with Crippen molar-refractivity contribution in [1.29, 1.82) is 0 Å². The van der Waals surface area contributed by atoms with Gasteiger partial charge in [0.15, 0.2) is 0 Å². The van der Waals surface area contributed by atoms with Crippen LogP contribution in [0.5, 0.6) is 0 Å². The Balaban J connectivity index is 1.88. The first-order valence-corrected chi connectivity index (χ1v) is 6.82. The van der Waals surface area contributed by atoms with Gasteiger partial charge in [-0.2, -0.15) is 0 Å². The second-order valence-electron chi connectivity index (χ2n) is 4.95. The standard InChI is InChI=1S/C14H16ClN3O/c1-19-14(7-4-8-14)9-16-12-10-5-2-3-6-11(10)17-13(15)18-12/h2-3,5-6H,4,7-9H2,1H3,(H,16,17,18). The van der Waals surface area contributed by atoms with Gasteiger partial charge in [0, 0.05) is 19.0 Å². The van der Waals surface area contributed by atoms with Crippen LogP contribution in [-0.4, -0.2) is 29.2 Å². The summed E-state index contributed by atoms with van der Waals surface area (Å²) in [5.74, 6) is 0.777. The maximum Gasteiger partial charge on any atom is 0.224 e. The molecule has 1 fully saturated rings. The number of benzene rings is 1. The zero-order valence-corrected chi connectivity index (χ0v) is 11.6. The van der Waals surface area contributed by atoms with Crippen LogP contribution in [0.4, 0.5) is 5.82 Å². The third-order valence-corrected chi connectivity index (χ3v) is 4.02. The highest BCUT2D eigenvalue weighted by molar-refractivity contribution is 6.28. The molecule has 0 atom stereocenters. The van der Waals surface area contributed by atoms with Crippen LogP contribution >= 0.6 is 11.6 Å². The van der Waals surface area contributed by atoms with Gasteiger partial charge in [-0.3, -0.25) is 0 Å². The summed E-state index contributed by atoms with van der Waals surface area (Å²) in [4.78, 5) is 8.50. The van der Waals surface area contributed by atoms with Gasteiger partial charge in [-0.1, -0.05) is 12.1 Å². The van der Waals surface area contributed by atoms with E-state index in [-0.39, 0.29) is 10.9 Å². The molecule has 0 amide bonds. The number of aromatic nitrogens is 2. The van der Waals surface area contributed by atoms with Crippen LogP contribution in [0.15, 0.2) is 24.3 Å². The SMILES string of the molecule is COC1(CNc2nc(Cl)nc3ccccc23)CCC1. The van der Waals surface area contributed by atoms with E-state index in [1.807, 2.05) is 24.3 Å². The minimum Gasteiger partial charge on any atom is -0.376 e. The van der Waals surface area contributed by atoms with Crippen LogP contribution < -0.4 is 5.32 Å². The van der Waals surface area contributed by atoms with Crippen LogP contribution in [0.1, 0.15) is 19.3 Å². The lowest BCUT2D eigenvalue weighted by atomic mass is 9.80. The summed E-state index contributed by atoms with van der Waals surface area (Å²) in [6.07, 6.45) is 3.40. The molecule has 0 bridgehead atoms. The van der Waals surface area contributed by atoms with Crippen LogP contribution in [0, 0.1) is 0 Å². The van der Waals surface area contributed by atoms with Crippen molar-refractivity contribution >= 4 is 28.3 Å². The number of hydrogen-bond donors (Lipinski definition) is 1. The van der Waals surface area contributed by atoms with E-state index in [0.717, 1.165) is 36.1 Å². The van der Waals surface area contributed by atoms with E-state index >= 15 is 0 Å². The molecule has 2 aromatic rings. The van der Waals surface area contributed by atoms with E-state index in [0.29, 0.717) is 0 Å². The Morgan fingerprint density at radius 1 is 1.32 bits per heavy atom. The van der Waals surface area contributed by atoms with Gasteiger partial charge in [0.25, 0.3) is 0 Å². The van der Waals surface area contributed by atoms with Crippen molar-refractivity contribution < 1.29 is 4.74 Å². The Labute approximate surface area is 117 Å². The van der Waals surface area contributed by atoms with Crippen LogP contribution in [0.25, 0.3) is 10.9 Å². The van der Waals surface area contributed by atoms with Crippen LogP contribution in [0.3, 0.4) is 0 Å². The molecule has 0 unspecified atom stereocenters. The van der Waals surface area contributed by atoms with Crippen molar-refractivity contribution in [3.63, 3.8) is 0 Å². The molecule has 1 saturated carbocycles. The molecule has 0 radical (unpaired) electrons. The van der Waals surface area contributed by atoms with Crippen molar-refractivity contribution in [3.8, 4) is 0 Å². The first-order chi connectivity index (χ1) is 9.22. The lowest BCUT2D eigenvalue weighted by Gasteiger charge is -2.40. The second kappa shape index (κ2) is 4.94. The molecule has 1 aromatic heterocycles. The Morgan fingerprint density at radius 3 is 2.79 bits per heavy atom. The van der Waals surface area contributed by atoms with Crippen molar-refractivity contribution in [2.75, 3.05) is 19.0 Å². The molecule has 1 aliphatic carbocycles. The lowest BCUT2D eigenvalue weighted by Crippen LogP contribution is -2.45. The fourth-order valence-electron chi connectivity index (χ4n) is 2.45. The van der Waals surface area contributed by atoms with Crippen molar-refractivity contribution in [1.82, 2.24) is 9.97 Å². The fraction of sp³-hybridized carbons (Fsp3) is 0.429.